The van der Waals surface area contributed by atoms with E-state index < -0.39 is 5.41 Å². The van der Waals surface area contributed by atoms with E-state index in [1.54, 1.807) is 53.2 Å². The summed E-state index contributed by atoms with van der Waals surface area (Å²) in [5, 5.41) is 19.6. The summed E-state index contributed by atoms with van der Waals surface area (Å²) in [5.74, 6) is 1.06. The molecule has 2 amide bonds. The van der Waals surface area contributed by atoms with Crippen LogP contribution in [0.4, 0.5) is 11.5 Å². The summed E-state index contributed by atoms with van der Waals surface area (Å²) < 4.78 is 7.50. The molecular formula is C28H26N6O3. The number of carbonyl (C=O) groups is 2. The molecule has 2 N–H and O–H groups in total. The van der Waals surface area contributed by atoms with Gasteiger partial charge in [0, 0.05) is 29.3 Å². The molecule has 0 radical (unpaired) electrons. The number of nitrogens with zero attached hydrogens (tertiary/aromatic N) is 4. The highest BCUT2D eigenvalue weighted by Gasteiger charge is 2.30. The van der Waals surface area contributed by atoms with E-state index in [0.29, 0.717) is 34.3 Å². The van der Waals surface area contributed by atoms with Crippen molar-refractivity contribution in [2.24, 2.45) is 5.92 Å². The van der Waals surface area contributed by atoms with Crippen molar-refractivity contribution in [1.82, 2.24) is 14.6 Å². The van der Waals surface area contributed by atoms with Crippen LogP contribution in [0.2, 0.25) is 0 Å². The molecule has 0 spiro atoms. The first-order chi connectivity index (χ1) is 17.7. The second-order valence-corrected chi connectivity index (χ2v) is 9.71. The molecule has 0 unspecified atom stereocenters. The molecule has 2 aromatic heterocycles. The van der Waals surface area contributed by atoms with Crippen molar-refractivity contribution < 1.29 is 14.3 Å². The van der Waals surface area contributed by atoms with Gasteiger partial charge in [0.15, 0.2) is 11.5 Å². The molecule has 0 atom stereocenters. The maximum Gasteiger partial charge on any atom is 0.255 e. The van der Waals surface area contributed by atoms with Crippen molar-refractivity contribution in [3.05, 3.63) is 77.5 Å². The normalized spacial score (nSPS) is 13.1. The number of carbonyl (C=O) groups excluding carboxylic acids is 2. The molecule has 9 heteroatoms. The number of aromatic nitrogens is 3. The van der Waals surface area contributed by atoms with Gasteiger partial charge in [-0.1, -0.05) is 18.2 Å². The lowest BCUT2D eigenvalue weighted by Gasteiger charge is -2.17. The number of nitrogens with one attached hydrogen (secondary N) is 2. The summed E-state index contributed by atoms with van der Waals surface area (Å²) in [7, 11) is 0. The minimum Gasteiger partial charge on any atom is -0.438 e. The number of anilines is 2. The molecule has 4 aromatic rings. The molecule has 37 heavy (non-hydrogen) atoms. The highest BCUT2D eigenvalue weighted by atomic mass is 16.5. The van der Waals surface area contributed by atoms with Gasteiger partial charge in [0.05, 0.1) is 17.7 Å². The molecule has 0 saturated heterocycles. The van der Waals surface area contributed by atoms with Gasteiger partial charge >= 0.3 is 0 Å². The quantitative estimate of drug-likeness (QED) is 0.363. The molecule has 0 bridgehead atoms. The SMILES string of the molecule is Cc1ccc(Oc2ccc3nc(NC(=O)C4CC4)cn3n2)cc1NC(=O)c1cccc(C(C)(C)C#N)c1. The Morgan fingerprint density at radius 3 is 2.68 bits per heavy atom. The van der Waals surface area contributed by atoms with Crippen molar-refractivity contribution in [1.29, 1.82) is 5.26 Å². The van der Waals surface area contributed by atoms with Crippen molar-refractivity contribution >= 4 is 29.0 Å². The Kier molecular flexibility index (Phi) is 6.09. The van der Waals surface area contributed by atoms with Gasteiger partial charge in [0.2, 0.25) is 11.8 Å². The summed E-state index contributed by atoms with van der Waals surface area (Å²) in [6, 6.07) is 18.1. The third-order valence-electron chi connectivity index (χ3n) is 6.30. The van der Waals surface area contributed by atoms with E-state index in [1.807, 2.05) is 32.9 Å². The van der Waals surface area contributed by atoms with Crippen LogP contribution >= 0.6 is 0 Å². The zero-order valence-electron chi connectivity index (χ0n) is 20.8. The lowest BCUT2D eigenvalue weighted by atomic mass is 9.85. The van der Waals surface area contributed by atoms with Crippen molar-refractivity contribution in [3.8, 4) is 17.7 Å². The Bertz CT molecular complexity index is 1560. The van der Waals surface area contributed by atoms with Crippen LogP contribution in [0.3, 0.4) is 0 Å². The largest absolute Gasteiger partial charge is 0.438 e. The number of ether oxygens (including phenoxy) is 1. The Morgan fingerprint density at radius 1 is 1.11 bits per heavy atom. The van der Waals surface area contributed by atoms with Gasteiger partial charge in [-0.15, -0.1) is 5.10 Å². The number of fused-ring (bicyclic) bond motifs is 1. The minimum atomic E-state index is -0.702. The van der Waals surface area contributed by atoms with Crippen LogP contribution in [0.25, 0.3) is 5.65 Å². The minimum absolute atomic E-state index is 0.0189. The lowest BCUT2D eigenvalue weighted by Crippen LogP contribution is -2.17. The standard InChI is InChI=1S/C28H26N6O3/c1-17-7-10-21(14-22(17)30-27(36)19-5-4-6-20(13-19)28(2,3)16-29)37-25-12-11-24-31-23(15-34(24)33-25)32-26(35)18-8-9-18/h4-7,10-15,18H,8-9H2,1-3H3,(H,30,36)(H,32,35). The van der Waals surface area contributed by atoms with Crippen LogP contribution in [0.1, 0.15) is 48.2 Å². The van der Waals surface area contributed by atoms with Gasteiger partial charge < -0.3 is 15.4 Å². The maximum atomic E-state index is 13.0. The van der Waals surface area contributed by atoms with Crippen LogP contribution in [-0.4, -0.2) is 26.4 Å². The topological polar surface area (TPSA) is 121 Å². The van der Waals surface area contributed by atoms with Crippen molar-refractivity contribution in [3.63, 3.8) is 0 Å². The number of amides is 2. The number of nitriles is 1. The zero-order chi connectivity index (χ0) is 26.2. The summed E-state index contributed by atoms with van der Waals surface area (Å²) >= 11 is 0. The van der Waals surface area contributed by atoms with Crippen LogP contribution in [0.5, 0.6) is 11.6 Å². The molecule has 9 nitrogen and oxygen atoms in total. The summed E-state index contributed by atoms with van der Waals surface area (Å²) in [6.45, 7) is 5.52. The van der Waals surface area contributed by atoms with E-state index in [1.165, 1.54) is 0 Å². The van der Waals surface area contributed by atoms with E-state index in [2.05, 4.69) is 26.8 Å². The van der Waals surface area contributed by atoms with Gasteiger partial charge in [0.1, 0.15) is 5.75 Å². The van der Waals surface area contributed by atoms with E-state index in [0.717, 1.165) is 24.0 Å². The molecule has 1 fully saturated rings. The van der Waals surface area contributed by atoms with Crippen molar-refractivity contribution in [2.75, 3.05) is 10.6 Å². The fraction of sp³-hybridized carbons (Fsp3) is 0.250. The second kappa shape index (κ2) is 9.39. The van der Waals surface area contributed by atoms with Crippen LogP contribution in [0, 0.1) is 24.2 Å². The maximum absolute atomic E-state index is 13.0. The van der Waals surface area contributed by atoms with Gasteiger partial charge in [-0.2, -0.15) is 5.26 Å². The number of aryl methyl sites for hydroxylation is 1. The number of hydrogen-bond acceptors (Lipinski definition) is 6. The number of rotatable bonds is 7. The Labute approximate surface area is 214 Å². The van der Waals surface area contributed by atoms with Gasteiger partial charge in [-0.3, -0.25) is 9.59 Å². The molecular weight excluding hydrogens is 468 g/mol. The number of hydrogen-bond donors (Lipinski definition) is 2. The Balaban J connectivity index is 1.31. The highest BCUT2D eigenvalue weighted by Crippen LogP contribution is 2.30. The molecule has 2 aromatic carbocycles. The third-order valence-corrected chi connectivity index (χ3v) is 6.30. The van der Waals surface area contributed by atoms with Crippen LogP contribution in [-0.2, 0) is 10.2 Å². The van der Waals surface area contributed by atoms with Gasteiger partial charge in [-0.25, -0.2) is 9.50 Å². The predicted molar refractivity (Wildman–Crippen MR) is 139 cm³/mol. The van der Waals surface area contributed by atoms with E-state index >= 15 is 0 Å². The second-order valence-electron chi connectivity index (χ2n) is 9.71. The Morgan fingerprint density at radius 2 is 1.92 bits per heavy atom. The third kappa shape index (κ3) is 5.28. The monoisotopic (exact) mass is 494 g/mol. The van der Waals surface area contributed by atoms with Gasteiger partial charge in [0.25, 0.3) is 5.91 Å². The molecule has 5 rings (SSSR count). The molecule has 1 aliphatic carbocycles. The van der Waals surface area contributed by atoms with Crippen molar-refractivity contribution in [2.45, 2.75) is 39.0 Å². The Hall–Kier alpha value is -4.71. The number of imidazole rings is 1. The summed E-state index contributed by atoms with van der Waals surface area (Å²) in [6.07, 6.45) is 3.48. The first-order valence-corrected chi connectivity index (χ1v) is 12.0. The first-order valence-electron chi connectivity index (χ1n) is 12.0. The van der Waals surface area contributed by atoms with Crippen LogP contribution in [0.15, 0.2) is 60.8 Å². The van der Waals surface area contributed by atoms with E-state index in [-0.39, 0.29) is 17.7 Å². The summed E-state index contributed by atoms with van der Waals surface area (Å²) in [4.78, 5) is 29.4. The molecule has 2 heterocycles. The van der Waals surface area contributed by atoms with E-state index in [4.69, 9.17) is 4.74 Å². The predicted octanol–water partition coefficient (Wildman–Crippen LogP) is 5.23. The fourth-order valence-corrected chi connectivity index (χ4v) is 3.78. The lowest BCUT2D eigenvalue weighted by molar-refractivity contribution is -0.117. The van der Waals surface area contributed by atoms with Gasteiger partial charge in [-0.05, 0) is 69.0 Å². The highest BCUT2D eigenvalue weighted by molar-refractivity contribution is 6.05. The molecule has 0 aliphatic heterocycles. The zero-order valence-corrected chi connectivity index (χ0v) is 20.8. The van der Waals surface area contributed by atoms with E-state index in [9.17, 15) is 14.9 Å². The first kappa shape index (κ1) is 24.0. The molecule has 1 saturated carbocycles. The van der Waals surface area contributed by atoms with Crippen LogP contribution < -0.4 is 15.4 Å². The number of benzene rings is 2. The fourth-order valence-electron chi connectivity index (χ4n) is 3.78. The average Bonchev–Trinajstić information content (AvgIpc) is 3.67. The molecule has 186 valence electrons. The molecule has 1 aliphatic rings. The summed E-state index contributed by atoms with van der Waals surface area (Å²) in [5.41, 5.74) is 2.57. The smallest absolute Gasteiger partial charge is 0.255 e. The average molecular weight is 495 g/mol.